The van der Waals surface area contributed by atoms with Crippen molar-refractivity contribution in [2.45, 2.75) is 193 Å². The van der Waals surface area contributed by atoms with Crippen molar-refractivity contribution in [3.8, 4) is 0 Å². The fraction of sp³-hybridized carbons (Fsp3) is 1.00. The van der Waals surface area contributed by atoms with Crippen LogP contribution in [-0.4, -0.2) is 44.4 Å². The van der Waals surface area contributed by atoms with Crippen molar-refractivity contribution in [1.29, 1.82) is 0 Å². The van der Waals surface area contributed by atoms with Crippen LogP contribution in [-0.2, 0) is 0 Å². The minimum atomic E-state index is -1.09. The SMILES string of the molecule is CCCCCCCCCC(CO)(CCC)[N+](=O)[O-].CCCCCCCCCC(CO)(CCCCCCC)[N+](=O)[O-]. The van der Waals surface area contributed by atoms with E-state index in [1.165, 1.54) is 64.2 Å². The molecular weight excluding hydrogens is 508 g/mol. The maximum absolute atomic E-state index is 11.4. The van der Waals surface area contributed by atoms with Gasteiger partial charge >= 0.3 is 0 Å². The number of rotatable bonds is 28. The van der Waals surface area contributed by atoms with Crippen LogP contribution in [0.1, 0.15) is 182 Å². The van der Waals surface area contributed by atoms with Gasteiger partial charge in [0.2, 0.25) is 11.1 Å². The highest BCUT2D eigenvalue weighted by Crippen LogP contribution is 2.27. The quantitative estimate of drug-likeness (QED) is 0.0544. The fourth-order valence-electron chi connectivity index (χ4n) is 5.39. The second-order valence-corrected chi connectivity index (χ2v) is 11.9. The first kappa shape index (κ1) is 40.9. The Morgan fingerprint density at radius 1 is 0.425 bits per heavy atom. The number of unbranched alkanes of at least 4 members (excludes halogenated alkanes) is 16. The number of hydrogen-bond acceptors (Lipinski definition) is 6. The first-order chi connectivity index (χ1) is 19.3. The van der Waals surface area contributed by atoms with Gasteiger partial charge in [0, 0.05) is 35.5 Å². The summed E-state index contributed by atoms with van der Waals surface area (Å²) in [6.07, 6.45) is 24.4. The van der Waals surface area contributed by atoms with Crippen LogP contribution < -0.4 is 0 Å². The molecule has 0 saturated heterocycles. The van der Waals surface area contributed by atoms with E-state index in [0.717, 1.165) is 64.2 Å². The van der Waals surface area contributed by atoms with E-state index in [9.17, 15) is 30.4 Å². The lowest BCUT2D eigenvalue weighted by Crippen LogP contribution is -2.42. The monoisotopic (exact) mass is 574 g/mol. The van der Waals surface area contributed by atoms with Crippen molar-refractivity contribution in [2.24, 2.45) is 0 Å². The van der Waals surface area contributed by atoms with E-state index in [1.807, 2.05) is 6.92 Å². The van der Waals surface area contributed by atoms with E-state index in [0.29, 0.717) is 25.7 Å². The molecule has 0 spiro atoms. The summed E-state index contributed by atoms with van der Waals surface area (Å²) in [5, 5.41) is 41.4. The van der Waals surface area contributed by atoms with Gasteiger partial charge in [0.05, 0.1) is 0 Å². The molecule has 0 radical (unpaired) electrons. The minimum absolute atomic E-state index is 0.218. The zero-order valence-corrected chi connectivity index (χ0v) is 26.8. The third-order valence-corrected chi connectivity index (χ3v) is 8.32. The molecule has 0 aromatic heterocycles. The third kappa shape index (κ3) is 19.7. The molecular formula is C32H66N2O6. The predicted molar refractivity (Wildman–Crippen MR) is 167 cm³/mol. The molecule has 0 aliphatic rings. The second kappa shape index (κ2) is 27.9. The summed E-state index contributed by atoms with van der Waals surface area (Å²) in [7, 11) is 0. The molecule has 2 N–H and O–H groups in total. The molecule has 0 aromatic rings. The summed E-state index contributed by atoms with van der Waals surface area (Å²) < 4.78 is 0. The van der Waals surface area contributed by atoms with Crippen molar-refractivity contribution in [3.05, 3.63) is 20.2 Å². The number of nitro groups is 2. The number of hydrogen-bond donors (Lipinski definition) is 2. The van der Waals surface area contributed by atoms with Crippen LogP contribution in [0.15, 0.2) is 0 Å². The minimum Gasteiger partial charge on any atom is -0.389 e. The normalized spacial score (nSPS) is 14.2. The van der Waals surface area contributed by atoms with Crippen LogP contribution in [0, 0.1) is 20.2 Å². The Morgan fingerprint density at radius 2 is 0.675 bits per heavy atom. The Labute approximate surface area is 246 Å². The molecule has 0 rings (SSSR count). The van der Waals surface area contributed by atoms with Crippen LogP contribution >= 0.6 is 0 Å². The first-order valence-corrected chi connectivity index (χ1v) is 16.8. The average molecular weight is 575 g/mol. The molecule has 0 aliphatic carbocycles. The summed E-state index contributed by atoms with van der Waals surface area (Å²) in [4.78, 5) is 22.0. The predicted octanol–water partition coefficient (Wildman–Crippen LogP) is 9.43. The van der Waals surface area contributed by atoms with Crippen molar-refractivity contribution in [1.82, 2.24) is 0 Å². The topological polar surface area (TPSA) is 127 Å². The number of aliphatic hydroxyl groups is 2. The van der Waals surface area contributed by atoms with Crippen LogP contribution in [0.3, 0.4) is 0 Å². The van der Waals surface area contributed by atoms with Crippen molar-refractivity contribution < 1.29 is 20.1 Å². The summed E-state index contributed by atoms with van der Waals surface area (Å²) in [5.41, 5.74) is -2.17. The van der Waals surface area contributed by atoms with Crippen molar-refractivity contribution in [2.75, 3.05) is 13.2 Å². The molecule has 2 atom stereocenters. The number of aliphatic hydroxyl groups excluding tert-OH is 2. The van der Waals surface area contributed by atoms with E-state index in [2.05, 4.69) is 20.8 Å². The average Bonchev–Trinajstić information content (AvgIpc) is 2.94. The van der Waals surface area contributed by atoms with Crippen molar-refractivity contribution >= 4 is 0 Å². The molecule has 0 aromatic carbocycles. The van der Waals surface area contributed by atoms with Crippen LogP contribution in [0.5, 0.6) is 0 Å². The zero-order valence-electron chi connectivity index (χ0n) is 26.8. The molecule has 0 bridgehead atoms. The van der Waals surface area contributed by atoms with Gasteiger partial charge in [-0.15, -0.1) is 0 Å². The summed E-state index contributed by atoms with van der Waals surface area (Å²) >= 11 is 0. The van der Waals surface area contributed by atoms with Gasteiger partial charge in [-0.25, -0.2) is 0 Å². The number of nitrogens with zero attached hydrogens (tertiary/aromatic N) is 2. The Morgan fingerprint density at radius 3 is 0.900 bits per heavy atom. The van der Waals surface area contributed by atoms with Gasteiger partial charge in [0.25, 0.3) is 0 Å². The maximum Gasteiger partial charge on any atom is 0.244 e. The van der Waals surface area contributed by atoms with Gasteiger partial charge in [-0.1, -0.05) is 130 Å². The van der Waals surface area contributed by atoms with Crippen LogP contribution in [0.4, 0.5) is 0 Å². The molecule has 0 aliphatic heterocycles. The van der Waals surface area contributed by atoms with Gasteiger partial charge in [-0.2, -0.15) is 0 Å². The summed E-state index contributed by atoms with van der Waals surface area (Å²) in [6.45, 7) is 7.84. The first-order valence-electron chi connectivity index (χ1n) is 16.8. The van der Waals surface area contributed by atoms with Crippen LogP contribution in [0.2, 0.25) is 0 Å². The fourth-order valence-corrected chi connectivity index (χ4v) is 5.39. The van der Waals surface area contributed by atoms with E-state index in [1.54, 1.807) is 0 Å². The molecule has 2 unspecified atom stereocenters. The smallest absolute Gasteiger partial charge is 0.244 e. The molecule has 0 amide bonds. The lowest BCUT2D eigenvalue weighted by Gasteiger charge is -2.23. The van der Waals surface area contributed by atoms with Crippen LogP contribution in [0.25, 0.3) is 0 Å². The third-order valence-electron chi connectivity index (χ3n) is 8.32. The van der Waals surface area contributed by atoms with Gasteiger partial charge < -0.3 is 10.2 Å². The second-order valence-electron chi connectivity index (χ2n) is 11.9. The van der Waals surface area contributed by atoms with Gasteiger partial charge in [-0.05, 0) is 25.7 Å². The molecule has 8 heteroatoms. The Bertz CT molecular complexity index is 592. The highest BCUT2D eigenvalue weighted by atomic mass is 16.6. The van der Waals surface area contributed by atoms with E-state index >= 15 is 0 Å². The van der Waals surface area contributed by atoms with Gasteiger partial charge in [-0.3, -0.25) is 20.2 Å². The molecule has 240 valence electrons. The Balaban J connectivity index is 0. The Kier molecular flexibility index (Phi) is 28.5. The lowest BCUT2D eigenvalue weighted by molar-refractivity contribution is -0.576. The molecule has 0 saturated carbocycles. The van der Waals surface area contributed by atoms with E-state index < -0.39 is 11.1 Å². The summed E-state index contributed by atoms with van der Waals surface area (Å²) in [5.74, 6) is 0. The Hall–Kier alpha value is -1.28. The highest BCUT2D eigenvalue weighted by molar-refractivity contribution is 4.79. The highest BCUT2D eigenvalue weighted by Gasteiger charge is 2.41. The van der Waals surface area contributed by atoms with E-state index in [4.69, 9.17) is 0 Å². The van der Waals surface area contributed by atoms with Gasteiger partial charge in [0.15, 0.2) is 0 Å². The lowest BCUT2D eigenvalue weighted by atomic mass is 9.87. The molecule has 40 heavy (non-hydrogen) atoms. The largest absolute Gasteiger partial charge is 0.389 e. The summed E-state index contributed by atoms with van der Waals surface area (Å²) in [6, 6.07) is 0. The van der Waals surface area contributed by atoms with Crippen molar-refractivity contribution in [3.63, 3.8) is 0 Å². The zero-order chi connectivity index (χ0) is 30.5. The molecule has 0 heterocycles. The van der Waals surface area contributed by atoms with Gasteiger partial charge in [0.1, 0.15) is 13.2 Å². The van der Waals surface area contributed by atoms with E-state index in [-0.39, 0.29) is 23.1 Å². The standard InChI is InChI=1S/C18H37NO3.C14H29NO3/c1-3-5-7-9-10-12-14-16-18(17-20,19(21)22)15-13-11-8-6-4-2;1-3-5-6-7-8-9-10-12-14(13-16,11-4-2)15(17)18/h20H,3-17H2,1-2H3;16H,3-13H2,1-2H3. The molecule has 8 nitrogen and oxygen atoms in total. The molecule has 0 fully saturated rings. The maximum atomic E-state index is 11.4.